The van der Waals surface area contributed by atoms with Crippen LogP contribution in [0, 0.1) is 0 Å². The first-order valence-electron chi connectivity index (χ1n) is 4.70. The second-order valence-electron chi connectivity index (χ2n) is 3.73. The Hall–Kier alpha value is -1.03. The Kier molecular flexibility index (Phi) is 2.22. The molecule has 1 N–H and O–H groups in total. The van der Waals surface area contributed by atoms with Crippen LogP contribution in [0.25, 0.3) is 0 Å². The molecule has 2 heterocycles. The van der Waals surface area contributed by atoms with Crippen molar-refractivity contribution in [2.45, 2.75) is 12.3 Å². The zero-order valence-electron chi connectivity index (χ0n) is 8.20. The summed E-state index contributed by atoms with van der Waals surface area (Å²) in [5, 5.41) is 9.60. The fraction of sp³-hybridized carbons (Fsp3) is 0.667. The molecular weight excluding hydrogens is 164 g/mol. The van der Waals surface area contributed by atoms with Gasteiger partial charge in [0, 0.05) is 26.6 Å². The summed E-state index contributed by atoms with van der Waals surface area (Å²) in [6.45, 7) is 2.23. The fourth-order valence-electron chi connectivity index (χ4n) is 1.69. The molecular formula is C9H16N4. The highest BCUT2D eigenvalue weighted by atomic mass is 15.6. The van der Waals surface area contributed by atoms with Crippen molar-refractivity contribution in [2.75, 3.05) is 32.2 Å². The van der Waals surface area contributed by atoms with Crippen molar-refractivity contribution in [2.24, 2.45) is 0 Å². The third-order valence-electron chi connectivity index (χ3n) is 2.53. The van der Waals surface area contributed by atoms with Gasteiger partial charge in [0.15, 0.2) is 0 Å². The van der Waals surface area contributed by atoms with E-state index in [1.54, 1.807) is 0 Å². The van der Waals surface area contributed by atoms with Crippen molar-refractivity contribution >= 4 is 0 Å². The smallest absolute Gasteiger partial charge is 0.0546 e. The lowest BCUT2D eigenvalue weighted by Crippen LogP contribution is -2.24. The van der Waals surface area contributed by atoms with Gasteiger partial charge in [0.1, 0.15) is 0 Å². The number of hydrogen-bond acceptors (Lipinski definition) is 3. The van der Waals surface area contributed by atoms with Crippen molar-refractivity contribution in [1.29, 1.82) is 0 Å². The van der Waals surface area contributed by atoms with Gasteiger partial charge in [-0.3, -0.25) is 0 Å². The van der Waals surface area contributed by atoms with Crippen molar-refractivity contribution in [3.63, 3.8) is 0 Å². The predicted molar refractivity (Wildman–Crippen MR) is 52.5 cm³/mol. The van der Waals surface area contributed by atoms with Crippen LogP contribution in [-0.4, -0.2) is 37.1 Å². The monoisotopic (exact) mass is 180 g/mol. The summed E-state index contributed by atoms with van der Waals surface area (Å²) >= 11 is 0. The molecule has 72 valence electrons. The van der Waals surface area contributed by atoms with Crippen LogP contribution in [0.2, 0.25) is 0 Å². The minimum absolute atomic E-state index is 0.661. The van der Waals surface area contributed by atoms with Crippen LogP contribution in [0.1, 0.15) is 17.9 Å². The molecule has 4 nitrogen and oxygen atoms in total. The van der Waals surface area contributed by atoms with Gasteiger partial charge in [-0.25, -0.2) is 0 Å². The van der Waals surface area contributed by atoms with Gasteiger partial charge in [0.05, 0.1) is 12.4 Å². The molecule has 0 saturated carbocycles. The summed E-state index contributed by atoms with van der Waals surface area (Å²) < 4.78 is 0. The van der Waals surface area contributed by atoms with Crippen LogP contribution in [0.5, 0.6) is 0 Å². The van der Waals surface area contributed by atoms with Crippen LogP contribution in [0.3, 0.4) is 0 Å². The van der Waals surface area contributed by atoms with Gasteiger partial charge in [0.25, 0.3) is 0 Å². The molecule has 13 heavy (non-hydrogen) atoms. The number of nitrogens with one attached hydrogen (secondary N) is 1. The van der Waals surface area contributed by atoms with Gasteiger partial charge in [-0.2, -0.15) is 9.89 Å². The van der Waals surface area contributed by atoms with Crippen LogP contribution in [-0.2, 0) is 0 Å². The zero-order chi connectivity index (χ0) is 9.26. The summed E-state index contributed by atoms with van der Waals surface area (Å²) in [7, 11) is 3.98. The Labute approximate surface area is 78.5 Å². The fourth-order valence-corrected chi connectivity index (χ4v) is 1.69. The SMILES string of the molecule is CN(C)n1cc(C2CCNC2)cn1. The maximum absolute atomic E-state index is 4.28. The summed E-state index contributed by atoms with van der Waals surface area (Å²) in [4.78, 5) is 1.87. The maximum Gasteiger partial charge on any atom is 0.0546 e. The summed E-state index contributed by atoms with van der Waals surface area (Å²) in [5.41, 5.74) is 1.35. The minimum Gasteiger partial charge on any atom is -0.316 e. The molecule has 1 aromatic rings. The van der Waals surface area contributed by atoms with E-state index in [4.69, 9.17) is 0 Å². The molecule has 0 spiro atoms. The molecule has 0 aliphatic carbocycles. The highest BCUT2D eigenvalue weighted by Gasteiger charge is 2.17. The Bertz CT molecular complexity index is 273. The quantitative estimate of drug-likeness (QED) is 0.703. The molecule has 1 unspecified atom stereocenters. The first kappa shape index (κ1) is 8.56. The Morgan fingerprint density at radius 1 is 1.62 bits per heavy atom. The first-order valence-corrected chi connectivity index (χ1v) is 4.70. The molecule has 1 aliphatic rings. The van der Waals surface area contributed by atoms with Gasteiger partial charge < -0.3 is 10.3 Å². The van der Waals surface area contributed by atoms with Gasteiger partial charge >= 0.3 is 0 Å². The van der Waals surface area contributed by atoms with Crippen LogP contribution >= 0.6 is 0 Å². The van der Waals surface area contributed by atoms with E-state index >= 15 is 0 Å². The molecule has 1 aromatic heterocycles. The Balaban J connectivity index is 2.12. The van der Waals surface area contributed by atoms with Gasteiger partial charge in [-0.15, -0.1) is 0 Å². The lowest BCUT2D eigenvalue weighted by atomic mass is 10.0. The van der Waals surface area contributed by atoms with E-state index < -0.39 is 0 Å². The van der Waals surface area contributed by atoms with E-state index in [2.05, 4.69) is 16.6 Å². The van der Waals surface area contributed by atoms with Crippen molar-refractivity contribution in [3.05, 3.63) is 18.0 Å². The molecule has 1 saturated heterocycles. The van der Waals surface area contributed by atoms with Crippen molar-refractivity contribution < 1.29 is 0 Å². The van der Waals surface area contributed by atoms with E-state index in [0.717, 1.165) is 13.1 Å². The average molecular weight is 180 g/mol. The minimum atomic E-state index is 0.661. The van der Waals surface area contributed by atoms with Gasteiger partial charge in [-0.05, 0) is 18.5 Å². The lowest BCUT2D eigenvalue weighted by molar-refractivity contribution is 0.636. The molecule has 1 aliphatic heterocycles. The number of rotatable bonds is 2. The second kappa shape index (κ2) is 3.38. The van der Waals surface area contributed by atoms with E-state index in [0.29, 0.717) is 5.92 Å². The first-order chi connectivity index (χ1) is 6.27. The van der Waals surface area contributed by atoms with Gasteiger partial charge in [-0.1, -0.05) is 0 Å². The third-order valence-corrected chi connectivity index (χ3v) is 2.53. The summed E-state index contributed by atoms with van der Waals surface area (Å²) in [6, 6.07) is 0. The number of nitrogens with zero attached hydrogens (tertiary/aromatic N) is 3. The molecule has 2 rings (SSSR count). The van der Waals surface area contributed by atoms with Gasteiger partial charge in [0.2, 0.25) is 0 Å². The number of hydrogen-bond donors (Lipinski definition) is 1. The normalized spacial score (nSPS) is 22.2. The number of aromatic nitrogens is 2. The van der Waals surface area contributed by atoms with E-state index in [1.165, 1.54) is 12.0 Å². The van der Waals surface area contributed by atoms with E-state index in [-0.39, 0.29) is 0 Å². The van der Waals surface area contributed by atoms with Crippen LogP contribution in [0.15, 0.2) is 12.4 Å². The van der Waals surface area contributed by atoms with E-state index in [1.807, 2.05) is 30.1 Å². The topological polar surface area (TPSA) is 33.1 Å². The third kappa shape index (κ3) is 1.67. The highest BCUT2D eigenvalue weighted by Crippen LogP contribution is 2.20. The maximum atomic E-state index is 4.28. The highest BCUT2D eigenvalue weighted by molar-refractivity contribution is 5.14. The lowest BCUT2D eigenvalue weighted by Gasteiger charge is -2.11. The molecule has 1 atom stereocenters. The molecule has 4 heteroatoms. The van der Waals surface area contributed by atoms with Crippen molar-refractivity contribution in [1.82, 2.24) is 15.2 Å². The standard InChI is InChI=1S/C9H16N4/c1-12(2)13-7-9(6-11-13)8-3-4-10-5-8/h6-8,10H,3-5H2,1-2H3. The molecule has 0 bridgehead atoms. The Morgan fingerprint density at radius 3 is 3.00 bits per heavy atom. The zero-order valence-corrected chi connectivity index (χ0v) is 8.20. The predicted octanol–water partition coefficient (Wildman–Crippen LogP) is 0.158. The summed E-state index contributed by atoms with van der Waals surface area (Å²) in [6.07, 6.45) is 5.31. The van der Waals surface area contributed by atoms with Crippen molar-refractivity contribution in [3.8, 4) is 0 Å². The van der Waals surface area contributed by atoms with Crippen LogP contribution in [0.4, 0.5) is 0 Å². The van der Waals surface area contributed by atoms with Crippen LogP contribution < -0.4 is 10.3 Å². The molecule has 0 amide bonds. The summed E-state index contributed by atoms with van der Waals surface area (Å²) in [5.74, 6) is 0.661. The Morgan fingerprint density at radius 2 is 2.46 bits per heavy atom. The average Bonchev–Trinajstić information content (AvgIpc) is 2.75. The molecule has 0 radical (unpaired) electrons. The van der Waals surface area contributed by atoms with E-state index in [9.17, 15) is 0 Å². The molecule has 0 aromatic carbocycles. The molecule has 1 fully saturated rings. The largest absolute Gasteiger partial charge is 0.316 e. The second-order valence-corrected chi connectivity index (χ2v) is 3.73.